The van der Waals surface area contributed by atoms with Gasteiger partial charge in [-0.25, -0.2) is 4.79 Å². The predicted octanol–water partition coefficient (Wildman–Crippen LogP) is 2.62. The molecule has 6 heteroatoms. The van der Waals surface area contributed by atoms with Crippen molar-refractivity contribution in [3.8, 4) is 6.07 Å². The van der Waals surface area contributed by atoms with Crippen LogP contribution in [-0.4, -0.2) is 16.9 Å². The molecule has 0 fully saturated rings. The van der Waals surface area contributed by atoms with Crippen LogP contribution >= 0.6 is 11.3 Å². The number of benzene rings is 1. The number of hydrogen-bond donors (Lipinski definition) is 2. The fraction of sp³-hybridized carbons (Fsp3) is 0.188. The van der Waals surface area contributed by atoms with Gasteiger partial charge < -0.3 is 10.8 Å². The molecule has 1 atom stereocenters. The molecule has 0 saturated heterocycles. The zero-order valence-electron chi connectivity index (χ0n) is 11.5. The molecule has 0 bridgehead atoms. The highest BCUT2D eigenvalue weighted by atomic mass is 32.1. The third-order valence-corrected chi connectivity index (χ3v) is 5.11. The van der Waals surface area contributed by atoms with Crippen LogP contribution in [0.5, 0.6) is 0 Å². The molecule has 0 aliphatic heterocycles. The Morgan fingerprint density at radius 1 is 1.36 bits per heavy atom. The Hall–Kier alpha value is -2.65. The second kappa shape index (κ2) is 4.97. The number of carboxylic acids is 1. The first-order valence-corrected chi connectivity index (χ1v) is 7.49. The smallest absolute Gasteiger partial charge is 0.338 e. The average molecular weight is 312 g/mol. The monoisotopic (exact) mass is 312 g/mol. The number of carbonyl (C=O) groups excluding carboxylic acids is 1. The van der Waals surface area contributed by atoms with Gasteiger partial charge in [0, 0.05) is 0 Å². The highest BCUT2D eigenvalue weighted by Crippen LogP contribution is 2.44. The second-order valence-electron chi connectivity index (χ2n) is 5.17. The van der Waals surface area contributed by atoms with Crippen LogP contribution in [0.25, 0.3) is 0 Å². The van der Waals surface area contributed by atoms with Gasteiger partial charge in [-0.05, 0) is 24.0 Å². The molecule has 1 aromatic heterocycles. The number of nitrogens with zero attached hydrogens (tertiary/aromatic N) is 1. The highest BCUT2D eigenvalue weighted by Gasteiger charge is 2.47. The normalized spacial score (nSPS) is 20.2. The van der Waals surface area contributed by atoms with E-state index in [1.807, 2.05) is 6.07 Å². The largest absolute Gasteiger partial charge is 0.478 e. The Bertz CT molecular complexity index is 820. The first-order chi connectivity index (χ1) is 10.5. The van der Waals surface area contributed by atoms with Crippen molar-refractivity contribution in [2.75, 3.05) is 5.73 Å². The zero-order chi connectivity index (χ0) is 15.9. The fourth-order valence-corrected chi connectivity index (χ4v) is 4.06. The Labute approximate surface area is 130 Å². The number of ketones is 1. The Morgan fingerprint density at radius 2 is 2.05 bits per heavy atom. The summed E-state index contributed by atoms with van der Waals surface area (Å²) in [5.74, 6) is -1.49. The van der Waals surface area contributed by atoms with Gasteiger partial charge in [0.15, 0.2) is 5.78 Å². The molecule has 1 aliphatic rings. The second-order valence-corrected chi connectivity index (χ2v) is 6.22. The maximum Gasteiger partial charge on any atom is 0.338 e. The molecule has 0 spiro atoms. The summed E-state index contributed by atoms with van der Waals surface area (Å²) < 4.78 is 0. The molecule has 3 rings (SSSR count). The van der Waals surface area contributed by atoms with E-state index in [-0.39, 0.29) is 22.8 Å². The molecule has 3 N–H and O–H groups in total. The molecule has 0 saturated carbocycles. The molecule has 1 aliphatic carbocycles. The van der Waals surface area contributed by atoms with Gasteiger partial charge in [0.25, 0.3) is 0 Å². The van der Waals surface area contributed by atoms with Gasteiger partial charge in [0.1, 0.15) is 10.4 Å². The summed E-state index contributed by atoms with van der Waals surface area (Å²) in [5, 5.41) is 19.0. The Balaban J connectivity index is 2.18. The lowest BCUT2D eigenvalue weighted by Crippen LogP contribution is -2.38. The average Bonchev–Trinajstić information content (AvgIpc) is 2.86. The van der Waals surface area contributed by atoms with E-state index in [1.54, 1.807) is 24.3 Å². The van der Waals surface area contributed by atoms with Crippen molar-refractivity contribution < 1.29 is 14.7 Å². The first kappa shape index (κ1) is 14.3. The van der Waals surface area contributed by atoms with Crippen molar-refractivity contribution in [2.45, 2.75) is 18.3 Å². The van der Waals surface area contributed by atoms with Crippen LogP contribution in [0, 0.1) is 11.3 Å². The molecule has 110 valence electrons. The summed E-state index contributed by atoms with van der Waals surface area (Å²) in [7, 11) is 0. The van der Waals surface area contributed by atoms with Gasteiger partial charge >= 0.3 is 5.97 Å². The van der Waals surface area contributed by atoms with Gasteiger partial charge in [-0.1, -0.05) is 30.3 Å². The van der Waals surface area contributed by atoms with Crippen molar-refractivity contribution in [1.82, 2.24) is 0 Å². The number of rotatable bonds is 2. The van der Waals surface area contributed by atoms with E-state index in [0.29, 0.717) is 22.4 Å². The maximum absolute atomic E-state index is 12.9. The minimum atomic E-state index is -1.26. The number of nitrogen functional groups attached to an aromatic ring is 1. The summed E-state index contributed by atoms with van der Waals surface area (Å²) in [6.07, 6.45) is 0.606. The third kappa shape index (κ3) is 1.83. The van der Waals surface area contributed by atoms with E-state index >= 15 is 0 Å². The van der Waals surface area contributed by atoms with Gasteiger partial charge in [-0.3, -0.25) is 4.79 Å². The van der Waals surface area contributed by atoms with E-state index < -0.39 is 11.4 Å². The lowest BCUT2D eigenvalue weighted by molar-refractivity contribution is 0.0697. The van der Waals surface area contributed by atoms with Crippen molar-refractivity contribution in [3.63, 3.8) is 0 Å². The number of anilines is 1. The van der Waals surface area contributed by atoms with Crippen LogP contribution in [0.15, 0.2) is 30.3 Å². The summed E-state index contributed by atoms with van der Waals surface area (Å²) in [6, 6.07) is 11.0. The van der Waals surface area contributed by atoms with E-state index in [9.17, 15) is 20.0 Å². The molecule has 0 unspecified atom stereocenters. The molecular weight excluding hydrogens is 300 g/mol. The van der Waals surface area contributed by atoms with Crippen molar-refractivity contribution in [2.24, 2.45) is 0 Å². The summed E-state index contributed by atoms with van der Waals surface area (Å²) in [5.41, 5.74) is 5.60. The Morgan fingerprint density at radius 3 is 2.64 bits per heavy atom. The van der Waals surface area contributed by atoms with Gasteiger partial charge in [-0.2, -0.15) is 5.26 Å². The lowest BCUT2D eigenvalue weighted by Gasteiger charge is -2.29. The van der Waals surface area contributed by atoms with Crippen LogP contribution in [0.2, 0.25) is 0 Å². The molecule has 22 heavy (non-hydrogen) atoms. The number of Topliss-reactive ketones (excluding diaryl/α,β-unsaturated/α-hetero) is 1. The van der Waals surface area contributed by atoms with E-state index in [1.165, 1.54) is 0 Å². The number of carboxylic acid groups (broad SMARTS) is 1. The number of nitriles is 1. The third-order valence-electron chi connectivity index (χ3n) is 4.05. The summed E-state index contributed by atoms with van der Waals surface area (Å²) in [4.78, 5) is 24.5. The highest BCUT2D eigenvalue weighted by molar-refractivity contribution is 7.18. The quantitative estimate of drug-likeness (QED) is 0.887. The summed E-state index contributed by atoms with van der Waals surface area (Å²) in [6.45, 7) is 0. The molecule has 1 aromatic carbocycles. The van der Waals surface area contributed by atoms with Gasteiger partial charge in [-0.15, -0.1) is 11.3 Å². The molecule has 2 aromatic rings. The minimum Gasteiger partial charge on any atom is -0.478 e. The number of nitrogens with two attached hydrogens (primary N) is 1. The number of thiophene rings is 1. The van der Waals surface area contributed by atoms with Crippen LogP contribution in [0.3, 0.4) is 0 Å². The Kier molecular flexibility index (Phi) is 3.23. The van der Waals surface area contributed by atoms with Gasteiger partial charge in [0.2, 0.25) is 0 Å². The number of aromatic carboxylic acids is 1. The van der Waals surface area contributed by atoms with Crippen LogP contribution < -0.4 is 5.73 Å². The first-order valence-electron chi connectivity index (χ1n) is 6.67. The van der Waals surface area contributed by atoms with E-state index in [2.05, 4.69) is 6.07 Å². The van der Waals surface area contributed by atoms with Crippen LogP contribution in [-0.2, 0) is 11.8 Å². The standard InChI is InChI=1S/C16H12N2O3S/c17-8-16(9-4-2-1-3-5-9)7-6-10-11(15(20)21)14(18)22-12(10)13(16)19/h1-5H,6-7,18H2,(H,20,21)/t16-/m1/s1. The van der Waals surface area contributed by atoms with Crippen LogP contribution in [0.1, 0.15) is 37.6 Å². The van der Waals surface area contributed by atoms with E-state index in [4.69, 9.17) is 5.73 Å². The molecule has 1 heterocycles. The minimum absolute atomic E-state index is 0.00736. The SMILES string of the molecule is N#C[C@@]1(c2ccccc2)CCc2c(sc(N)c2C(=O)O)C1=O. The van der Waals surface area contributed by atoms with Crippen LogP contribution in [0.4, 0.5) is 5.00 Å². The molecule has 0 radical (unpaired) electrons. The van der Waals surface area contributed by atoms with Crippen molar-refractivity contribution in [1.29, 1.82) is 5.26 Å². The fourth-order valence-electron chi connectivity index (χ4n) is 2.93. The van der Waals surface area contributed by atoms with E-state index in [0.717, 1.165) is 11.3 Å². The van der Waals surface area contributed by atoms with Crippen molar-refractivity contribution >= 4 is 28.1 Å². The molecular formula is C16H12N2O3S. The zero-order valence-corrected chi connectivity index (χ0v) is 12.3. The molecule has 0 amide bonds. The molecule has 5 nitrogen and oxygen atoms in total. The lowest BCUT2D eigenvalue weighted by atomic mass is 9.69. The maximum atomic E-state index is 12.9. The number of fused-ring (bicyclic) bond motifs is 1. The van der Waals surface area contributed by atoms with Gasteiger partial charge in [0.05, 0.1) is 16.5 Å². The number of hydrogen-bond acceptors (Lipinski definition) is 5. The predicted molar refractivity (Wildman–Crippen MR) is 82.1 cm³/mol. The number of carbonyl (C=O) groups is 2. The topological polar surface area (TPSA) is 104 Å². The van der Waals surface area contributed by atoms with Crippen molar-refractivity contribution in [3.05, 3.63) is 51.9 Å². The summed E-state index contributed by atoms with van der Waals surface area (Å²) >= 11 is 0.962.